The summed E-state index contributed by atoms with van der Waals surface area (Å²) in [6, 6.07) is 12.2. The van der Waals surface area contributed by atoms with Gasteiger partial charge in [0.2, 0.25) is 11.8 Å². The normalized spacial score (nSPS) is 22.7. The molecule has 0 radical (unpaired) electrons. The molecule has 7 rings (SSSR count). The van der Waals surface area contributed by atoms with Crippen molar-refractivity contribution in [3.63, 3.8) is 0 Å². The van der Waals surface area contributed by atoms with Crippen LogP contribution < -0.4 is 10.7 Å². The van der Waals surface area contributed by atoms with E-state index in [9.17, 15) is 4.79 Å². The standard InChI is InChI=1S/C31H33ClN8O3/c1-18-8-10-20(11-9-18)17-40-26-24(22-14-23(32)16-33-15-22)34-28(29-37-38-31(41)43-29)35-27(26)36-30(40)39-12-13-42-19(2)25(39)21-6-4-3-5-7-21/h3-7,14-16,18-20,25H,8-13,17H2,1-2H3,(H,38,41)/t18?,19-,20?,25-/m0/s1. The quantitative estimate of drug-likeness (QED) is 0.262. The number of morpholine rings is 1. The van der Waals surface area contributed by atoms with E-state index in [2.05, 4.69) is 62.8 Å². The van der Waals surface area contributed by atoms with E-state index in [1.165, 1.54) is 12.8 Å². The molecule has 5 aromatic rings. The third kappa shape index (κ3) is 5.43. The molecule has 5 heterocycles. The Balaban J connectivity index is 1.46. The van der Waals surface area contributed by atoms with E-state index < -0.39 is 5.76 Å². The molecule has 1 aromatic carbocycles. The summed E-state index contributed by atoms with van der Waals surface area (Å²) in [5.74, 6) is 1.48. The second kappa shape index (κ2) is 11.5. The van der Waals surface area contributed by atoms with Crippen molar-refractivity contribution in [1.82, 2.24) is 34.7 Å². The van der Waals surface area contributed by atoms with E-state index in [1.807, 2.05) is 12.1 Å². The smallest absolute Gasteiger partial charge is 0.384 e. The molecular formula is C31H33ClN8O3. The summed E-state index contributed by atoms with van der Waals surface area (Å²) in [4.78, 5) is 33.4. The van der Waals surface area contributed by atoms with Gasteiger partial charge in [0.25, 0.3) is 5.89 Å². The van der Waals surface area contributed by atoms with Gasteiger partial charge in [0.05, 0.1) is 23.8 Å². The molecule has 12 heteroatoms. The summed E-state index contributed by atoms with van der Waals surface area (Å²) in [6.45, 7) is 6.46. The molecular weight excluding hydrogens is 568 g/mol. The Morgan fingerprint density at radius 1 is 1.05 bits per heavy atom. The first-order valence-electron chi connectivity index (χ1n) is 14.8. The van der Waals surface area contributed by atoms with Gasteiger partial charge in [0, 0.05) is 31.0 Å². The van der Waals surface area contributed by atoms with Crippen LogP contribution in [0, 0.1) is 11.8 Å². The highest BCUT2D eigenvalue weighted by atomic mass is 35.5. The molecule has 2 fully saturated rings. The maximum Gasteiger partial charge on any atom is 0.434 e. The van der Waals surface area contributed by atoms with Gasteiger partial charge in [-0.15, -0.1) is 5.10 Å². The molecule has 0 bridgehead atoms. The number of nitrogens with zero attached hydrogens (tertiary/aromatic N) is 7. The van der Waals surface area contributed by atoms with Crippen LogP contribution in [-0.4, -0.2) is 54.0 Å². The number of pyridine rings is 1. The van der Waals surface area contributed by atoms with Crippen LogP contribution in [0.4, 0.5) is 5.95 Å². The van der Waals surface area contributed by atoms with Crippen molar-refractivity contribution in [2.75, 3.05) is 18.1 Å². The number of rotatable bonds is 6. The number of imidazole rings is 1. The van der Waals surface area contributed by atoms with Crippen LogP contribution in [0.1, 0.15) is 51.1 Å². The fourth-order valence-electron chi connectivity index (χ4n) is 6.50. The Labute approximate surface area is 253 Å². The molecule has 1 saturated carbocycles. The monoisotopic (exact) mass is 600 g/mol. The number of fused-ring (bicyclic) bond motifs is 1. The van der Waals surface area contributed by atoms with E-state index in [0.29, 0.717) is 41.0 Å². The van der Waals surface area contributed by atoms with Gasteiger partial charge >= 0.3 is 5.76 Å². The van der Waals surface area contributed by atoms with Crippen molar-refractivity contribution in [3.8, 4) is 23.0 Å². The Hall–Kier alpha value is -4.09. The number of H-pyrrole nitrogens is 1. The number of aromatic amines is 1. The molecule has 0 amide bonds. The fourth-order valence-corrected chi connectivity index (χ4v) is 6.67. The number of nitrogens with one attached hydrogen (secondary N) is 1. The van der Waals surface area contributed by atoms with Crippen LogP contribution in [0.2, 0.25) is 5.02 Å². The largest absolute Gasteiger partial charge is 0.434 e. The third-order valence-electron chi connectivity index (χ3n) is 8.66. The lowest BCUT2D eigenvalue weighted by molar-refractivity contribution is 0.0221. The molecule has 1 saturated heterocycles. The number of anilines is 1. The van der Waals surface area contributed by atoms with E-state index in [0.717, 1.165) is 42.3 Å². The second-order valence-electron chi connectivity index (χ2n) is 11.7. The molecule has 2 atom stereocenters. The Morgan fingerprint density at radius 2 is 1.86 bits per heavy atom. The molecule has 43 heavy (non-hydrogen) atoms. The zero-order chi connectivity index (χ0) is 29.5. The van der Waals surface area contributed by atoms with Crippen molar-refractivity contribution in [3.05, 3.63) is 69.9 Å². The predicted molar refractivity (Wildman–Crippen MR) is 163 cm³/mol. The minimum atomic E-state index is -0.685. The van der Waals surface area contributed by atoms with Gasteiger partial charge in [-0.2, -0.15) is 4.98 Å². The van der Waals surface area contributed by atoms with Crippen LogP contribution >= 0.6 is 11.6 Å². The number of ether oxygens (including phenoxy) is 1. The van der Waals surface area contributed by atoms with Gasteiger partial charge in [0.15, 0.2) is 5.65 Å². The number of hydrogen-bond donors (Lipinski definition) is 1. The summed E-state index contributed by atoms with van der Waals surface area (Å²) < 4.78 is 13.7. The summed E-state index contributed by atoms with van der Waals surface area (Å²) in [6.07, 6.45) is 7.95. The number of aromatic nitrogens is 7. The number of hydrogen-bond acceptors (Lipinski definition) is 9. The Bertz CT molecular complexity index is 1790. The predicted octanol–water partition coefficient (Wildman–Crippen LogP) is 5.68. The summed E-state index contributed by atoms with van der Waals surface area (Å²) in [5.41, 5.74) is 3.73. The van der Waals surface area contributed by atoms with Crippen molar-refractivity contribution in [1.29, 1.82) is 0 Å². The first-order chi connectivity index (χ1) is 20.9. The maximum absolute atomic E-state index is 11.8. The average molecular weight is 601 g/mol. The molecule has 11 nitrogen and oxygen atoms in total. The van der Waals surface area contributed by atoms with Gasteiger partial charge in [-0.05, 0) is 43.2 Å². The van der Waals surface area contributed by atoms with Gasteiger partial charge in [-0.25, -0.2) is 19.9 Å². The Morgan fingerprint density at radius 3 is 2.60 bits per heavy atom. The highest BCUT2D eigenvalue weighted by Gasteiger charge is 2.36. The molecule has 4 aromatic heterocycles. The average Bonchev–Trinajstić information content (AvgIpc) is 3.61. The fraction of sp³-hybridized carbons (Fsp3) is 0.419. The lowest BCUT2D eigenvalue weighted by Gasteiger charge is -2.41. The van der Waals surface area contributed by atoms with Crippen molar-refractivity contribution < 1.29 is 9.15 Å². The highest BCUT2D eigenvalue weighted by Crippen LogP contribution is 2.39. The zero-order valence-corrected chi connectivity index (χ0v) is 24.9. The molecule has 0 spiro atoms. The SMILES string of the molecule is CC1CCC(Cn2c(N3CCO[C@@H](C)[C@H]3c3ccccc3)nc3nc(-c4n[nH]c(=O)o4)nc(-c4cncc(Cl)c4)c32)CC1. The van der Waals surface area contributed by atoms with E-state index in [1.54, 1.807) is 12.4 Å². The van der Waals surface area contributed by atoms with Gasteiger partial charge in [-0.1, -0.05) is 61.7 Å². The summed E-state index contributed by atoms with van der Waals surface area (Å²) >= 11 is 6.42. The van der Waals surface area contributed by atoms with Crippen LogP contribution in [-0.2, 0) is 11.3 Å². The molecule has 1 aliphatic heterocycles. The van der Waals surface area contributed by atoms with Crippen LogP contribution in [0.15, 0.2) is 58.0 Å². The molecule has 1 aliphatic carbocycles. The highest BCUT2D eigenvalue weighted by molar-refractivity contribution is 6.30. The van der Waals surface area contributed by atoms with Crippen LogP contribution in [0.5, 0.6) is 0 Å². The first kappa shape index (κ1) is 27.7. The zero-order valence-electron chi connectivity index (χ0n) is 24.1. The Kier molecular flexibility index (Phi) is 7.44. The molecule has 222 valence electrons. The van der Waals surface area contributed by atoms with E-state index >= 15 is 0 Å². The minimum absolute atomic E-state index is 0.0114. The van der Waals surface area contributed by atoms with Crippen LogP contribution in [0.3, 0.4) is 0 Å². The van der Waals surface area contributed by atoms with E-state index in [4.69, 9.17) is 35.7 Å². The topological polar surface area (TPSA) is 128 Å². The maximum atomic E-state index is 11.8. The molecule has 0 unspecified atom stereocenters. The number of benzene rings is 1. The van der Waals surface area contributed by atoms with Crippen LogP contribution in [0.25, 0.3) is 34.1 Å². The second-order valence-corrected chi connectivity index (χ2v) is 12.1. The summed E-state index contributed by atoms with van der Waals surface area (Å²) in [5, 5.41) is 6.78. The molecule has 1 N–H and O–H groups in total. The lowest BCUT2D eigenvalue weighted by atomic mass is 9.83. The van der Waals surface area contributed by atoms with Gasteiger partial charge in [-0.3, -0.25) is 4.98 Å². The van der Waals surface area contributed by atoms with Crippen molar-refractivity contribution >= 4 is 28.7 Å². The van der Waals surface area contributed by atoms with Crippen molar-refractivity contribution in [2.24, 2.45) is 11.8 Å². The minimum Gasteiger partial charge on any atom is -0.384 e. The van der Waals surface area contributed by atoms with Gasteiger partial charge < -0.3 is 18.6 Å². The molecule has 2 aliphatic rings. The number of halogens is 1. The van der Waals surface area contributed by atoms with E-state index in [-0.39, 0.29) is 23.9 Å². The van der Waals surface area contributed by atoms with Crippen molar-refractivity contribution in [2.45, 2.75) is 58.2 Å². The van der Waals surface area contributed by atoms with Gasteiger partial charge in [0.1, 0.15) is 11.2 Å². The third-order valence-corrected chi connectivity index (χ3v) is 8.86. The first-order valence-corrected chi connectivity index (χ1v) is 15.2. The lowest BCUT2D eigenvalue weighted by Crippen LogP contribution is -2.45. The summed E-state index contributed by atoms with van der Waals surface area (Å²) in [7, 11) is 0.